The number of carbonyl (C=O) groups is 1. The third-order valence-corrected chi connectivity index (χ3v) is 6.37. The Hall–Kier alpha value is -0.570. The van der Waals surface area contributed by atoms with E-state index < -0.39 is 0 Å². The van der Waals surface area contributed by atoms with Gasteiger partial charge in [0.1, 0.15) is 6.10 Å². The lowest BCUT2D eigenvalue weighted by Gasteiger charge is -2.40. The maximum atomic E-state index is 11.1. The van der Waals surface area contributed by atoms with Gasteiger partial charge in [-0.25, -0.2) is 0 Å². The van der Waals surface area contributed by atoms with Crippen LogP contribution in [0.4, 0.5) is 0 Å². The zero-order chi connectivity index (χ0) is 19.8. The van der Waals surface area contributed by atoms with Crippen LogP contribution >= 0.6 is 0 Å². The highest BCUT2D eigenvalue weighted by Gasteiger charge is 2.30. The molecule has 1 heterocycles. The molecule has 0 unspecified atom stereocenters. The number of nitrogens with zero attached hydrogens (tertiary/aromatic N) is 1. The third kappa shape index (κ3) is 13.3. The molecule has 1 rings (SSSR count). The van der Waals surface area contributed by atoms with Gasteiger partial charge >= 0.3 is 5.97 Å². The number of hydrogen-bond donors (Lipinski definition) is 0. The Morgan fingerprint density at radius 3 is 1.59 bits per heavy atom. The van der Waals surface area contributed by atoms with Gasteiger partial charge in [0.15, 0.2) is 0 Å². The normalized spacial score (nSPS) is 22.7. The van der Waals surface area contributed by atoms with E-state index in [0.29, 0.717) is 0 Å². The molecule has 160 valence electrons. The van der Waals surface area contributed by atoms with Crippen molar-refractivity contribution in [3.8, 4) is 0 Å². The molecule has 0 N–H and O–H groups in total. The summed E-state index contributed by atoms with van der Waals surface area (Å²) in [5.41, 5.74) is 0. The van der Waals surface area contributed by atoms with E-state index in [1.165, 1.54) is 108 Å². The second kappa shape index (κ2) is 15.4. The lowest BCUT2D eigenvalue weighted by Crippen LogP contribution is -2.51. The summed E-state index contributed by atoms with van der Waals surface area (Å²) >= 11 is 0. The smallest absolute Gasteiger partial charge is 0.302 e. The molecule has 3 nitrogen and oxygen atoms in total. The minimum atomic E-state index is -0.122. The van der Waals surface area contributed by atoms with E-state index in [1.54, 1.807) is 0 Å². The molecule has 0 aromatic rings. The van der Waals surface area contributed by atoms with Gasteiger partial charge in [-0.15, -0.1) is 0 Å². The minimum absolute atomic E-state index is 0.122. The van der Waals surface area contributed by atoms with Crippen LogP contribution in [0, 0.1) is 0 Å². The SMILES string of the molecule is CCCCCCCCCCCCCCCC[N+]1(C)CCC(OC(C)=O)CC1. The van der Waals surface area contributed by atoms with Gasteiger partial charge in [0.2, 0.25) is 0 Å². The molecule has 0 aromatic carbocycles. The molecular weight excluding hydrogens is 334 g/mol. The average molecular weight is 383 g/mol. The van der Waals surface area contributed by atoms with E-state index >= 15 is 0 Å². The summed E-state index contributed by atoms with van der Waals surface area (Å²) in [6, 6.07) is 0. The molecule has 1 aliphatic heterocycles. The van der Waals surface area contributed by atoms with Gasteiger partial charge in [-0.1, -0.05) is 84.0 Å². The number of likely N-dealkylation sites (tertiary alicyclic amines) is 1. The van der Waals surface area contributed by atoms with Crippen LogP contribution in [0.1, 0.15) is 117 Å². The molecule has 0 aliphatic carbocycles. The van der Waals surface area contributed by atoms with E-state index in [0.717, 1.165) is 25.9 Å². The highest BCUT2D eigenvalue weighted by Crippen LogP contribution is 2.21. The van der Waals surface area contributed by atoms with Gasteiger partial charge < -0.3 is 9.22 Å². The second-order valence-electron chi connectivity index (χ2n) is 9.20. The maximum Gasteiger partial charge on any atom is 0.302 e. The van der Waals surface area contributed by atoms with Crippen molar-refractivity contribution in [2.24, 2.45) is 0 Å². The molecule has 0 amide bonds. The highest BCUT2D eigenvalue weighted by atomic mass is 16.5. The number of ether oxygens (including phenoxy) is 1. The molecular formula is C24H48NO2+. The highest BCUT2D eigenvalue weighted by molar-refractivity contribution is 5.66. The minimum Gasteiger partial charge on any atom is -0.462 e. The number of hydrogen-bond acceptors (Lipinski definition) is 2. The number of rotatable bonds is 16. The first-order chi connectivity index (χ1) is 13.1. The fourth-order valence-corrected chi connectivity index (χ4v) is 4.43. The summed E-state index contributed by atoms with van der Waals surface area (Å²) in [6.07, 6.45) is 22.2. The Labute approximate surface area is 169 Å². The van der Waals surface area contributed by atoms with Crippen molar-refractivity contribution in [3.05, 3.63) is 0 Å². The van der Waals surface area contributed by atoms with E-state index in [9.17, 15) is 4.79 Å². The van der Waals surface area contributed by atoms with Gasteiger partial charge in [0.25, 0.3) is 0 Å². The predicted octanol–water partition coefficient (Wildman–Crippen LogP) is 6.64. The largest absolute Gasteiger partial charge is 0.462 e. The summed E-state index contributed by atoms with van der Waals surface area (Å²) in [6.45, 7) is 7.44. The number of carbonyl (C=O) groups excluding carboxylic acids is 1. The van der Waals surface area contributed by atoms with Crippen LogP contribution < -0.4 is 0 Å². The van der Waals surface area contributed by atoms with Crippen LogP contribution in [0.15, 0.2) is 0 Å². The molecule has 3 heteroatoms. The molecule has 0 saturated carbocycles. The van der Waals surface area contributed by atoms with Crippen molar-refractivity contribution in [1.82, 2.24) is 0 Å². The Kier molecular flexibility index (Phi) is 13.9. The van der Waals surface area contributed by atoms with E-state index in [1.807, 2.05) is 0 Å². The molecule has 0 radical (unpaired) electrons. The van der Waals surface area contributed by atoms with E-state index in [2.05, 4.69) is 14.0 Å². The monoisotopic (exact) mass is 382 g/mol. The van der Waals surface area contributed by atoms with Crippen molar-refractivity contribution in [3.63, 3.8) is 0 Å². The van der Waals surface area contributed by atoms with Crippen molar-refractivity contribution < 1.29 is 14.0 Å². The number of piperidine rings is 1. The summed E-state index contributed by atoms with van der Waals surface area (Å²) < 4.78 is 6.54. The Morgan fingerprint density at radius 2 is 1.19 bits per heavy atom. The lowest BCUT2D eigenvalue weighted by atomic mass is 10.0. The maximum absolute atomic E-state index is 11.1. The molecule has 1 fully saturated rings. The molecule has 0 spiro atoms. The Bertz CT molecular complexity index is 361. The summed E-state index contributed by atoms with van der Waals surface area (Å²) in [7, 11) is 2.38. The van der Waals surface area contributed by atoms with Gasteiger partial charge in [-0.3, -0.25) is 4.79 Å². The van der Waals surface area contributed by atoms with Crippen LogP contribution in [0.2, 0.25) is 0 Å². The van der Waals surface area contributed by atoms with Crippen molar-refractivity contribution >= 4 is 5.97 Å². The molecule has 0 bridgehead atoms. The number of quaternary nitrogens is 1. The van der Waals surface area contributed by atoms with Crippen molar-refractivity contribution in [2.75, 3.05) is 26.7 Å². The third-order valence-electron chi connectivity index (χ3n) is 6.37. The summed E-state index contributed by atoms with van der Waals surface area (Å²) in [5.74, 6) is -0.122. The van der Waals surface area contributed by atoms with Gasteiger partial charge in [-0.05, 0) is 12.8 Å². The molecule has 1 aliphatic rings. The van der Waals surface area contributed by atoms with Crippen molar-refractivity contribution in [2.45, 2.75) is 123 Å². The van der Waals surface area contributed by atoms with Crippen LogP contribution in [-0.4, -0.2) is 43.2 Å². The van der Waals surface area contributed by atoms with Crippen LogP contribution in [-0.2, 0) is 9.53 Å². The Balaban J connectivity index is 1.85. The van der Waals surface area contributed by atoms with Crippen LogP contribution in [0.25, 0.3) is 0 Å². The topological polar surface area (TPSA) is 26.3 Å². The first kappa shape index (κ1) is 24.5. The fraction of sp³-hybridized carbons (Fsp3) is 0.958. The molecule has 0 atom stereocenters. The van der Waals surface area contributed by atoms with Crippen LogP contribution in [0.5, 0.6) is 0 Å². The predicted molar refractivity (Wildman–Crippen MR) is 116 cm³/mol. The molecule has 1 saturated heterocycles. The van der Waals surface area contributed by atoms with Crippen molar-refractivity contribution in [1.29, 1.82) is 0 Å². The fourth-order valence-electron chi connectivity index (χ4n) is 4.43. The van der Waals surface area contributed by atoms with Gasteiger partial charge in [0.05, 0.1) is 26.7 Å². The van der Waals surface area contributed by atoms with Crippen LogP contribution in [0.3, 0.4) is 0 Å². The van der Waals surface area contributed by atoms with Gasteiger partial charge in [-0.2, -0.15) is 0 Å². The Morgan fingerprint density at radius 1 is 0.778 bits per heavy atom. The zero-order valence-electron chi connectivity index (χ0n) is 18.8. The standard InChI is InChI=1S/C24H48NO2/c1-4-5-6-7-8-9-10-11-12-13-14-15-16-17-20-25(3)21-18-24(19-22-25)27-23(2)26/h24H,4-22H2,1-3H3/q+1. The lowest BCUT2D eigenvalue weighted by molar-refractivity contribution is -0.915. The zero-order valence-corrected chi connectivity index (χ0v) is 18.8. The molecule has 27 heavy (non-hydrogen) atoms. The first-order valence-corrected chi connectivity index (χ1v) is 12.1. The van der Waals surface area contributed by atoms with Gasteiger partial charge in [0, 0.05) is 19.8 Å². The average Bonchev–Trinajstić information content (AvgIpc) is 2.64. The number of esters is 1. The number of unbranched alkanes of at least 4 members (excludes halogenated alkanes) is 13. The summed E-state index contributed by atoms with van der Waals surface area (Å²) in [5, 5.41) is 0. The quantitative estimate of drug-likeness (QED) is 0.170. The van der Waals surface area contributed by atoms with E-state index in [-0.39, 0.29) is 12.1 Å². The van der Waals surface area contributed by atoms with E-state index in [4.69, 9.17) is 4.74 Å². The first-order valence-electron chi connectivity index (χ1n) is 12.1. The molecule has 0 aromatic heterocycles. The summed E-state index contributed by atoms with van der Waals surface area (Å²) in [4.78, 5) is 11.1. The second-order valence-corrected chi connectivity index (χ2v) is 9.20.